The van der Waals surface area contributed by atoms with E-state index < -0.39 is 59.9 Å². The Morgan fingerprint density at radius 3 is 2.57 bits per heavy atom. The summed E-state index contributed by atoms with van der Waals surface area (Å²) in [6.45, 7) is 3.88. The number of fused-ring (bicyclic) bond motifs is 7. The highest BCUT2D eigenvalue weighted by molar-refractivity contribution is 8.76. The lowest BCUT2D eigenvalue weighted by Crippen LogP contribution is -2.61. The van der Waals surface area contributed by atoms with Crippen molar-refractivity contribution in [1.82, 2.24) is 21.3 Å². The van der Waals surface area contributed by atoms with Gasteiger partial charge in [-0.3, -0.25) is 24.0 Å². The predicted octanol–water partition coefficient (Wildman–Crippen LogP) is -0.00700. The van der Waals surface area contributed by atoms with Crippen LogP contribution in [-0.2, 0) is 33.5 Å². The summed E-state index contributed by atoms with van der Waals surface area (Å²) in [5.41, 5.74) is -1.38. The molecule has 0 radical (unpaired) electrons. The van der Waals surface area contributed by atoms with Gasteiger partial charge >= 0.3 is 5.97 Å². The van der Waals surface area contributed by atoms with Gasteiger partial charge in [-0.05, 0) is 39.7 Å². The Balaban J connectivity index is 2.44. The van der Waals surface area contributed by atoms with Crippen LogP contribution in [0.25, 0.3) is 0 Å². The second-order valence-corrected chi connectivity index (χ2v) is 11.4. The molecule has 0 aromatic heterocycles. The van der Waals surface area contributed by atoms with E-state index in [1.165, 1.54) is 42.4 Å². The molecule has 11 nitrogen and oxygen atoms in total. The predicted molar refractivity (Wildman–Crippen MR) is 132 cm³/mol. The third-order valence-electron chi connectivity index (χ3n) is 5.17. The number of allylic oxidation sites excluding steroid dienone is 1. The molecule has 4 N–H and O–H groups in total. The second-order valence-electron chi connectivity index (χ2n) is 8.77. The van der Waals surface area contributed by atoms with E-state index in [0.717, 1.165) is 0 Å². The van der Waals surface area contributed by atoms with Crippen LogP contribution in [0.2, 0.25) is 0 Å². The van der Waals surface area contributed by atoms with Gasteiger partial charge in [-0.25, -0.2) is 0 Å². The smallest absolute Gasteiger partial charge is 0.326 e. The van der Waals surface area contributed by atoms with Crippen molar-refractivity contribution in [2.24, 2.45) is 0 Å². The van der Waals surface area contributed by atoms with Crippen LogP contribution in [0.15, 0.2) is 12.2 Å². The fourth-order valence-electron chi connectivity index (χ4n) is 3.23. The molecule has 35 heavy (non-hydrogen) atoms. The number of ketones is 1. The van der Waals surface area contributed by atoms with Crippen molar-refractivity contribution in [3.8, 4) is 0 Å². The number of ether oxygens (including phenoxy) is 1. The van der Waals surface area contributed by atoms with E-state index in [1.807, 2.05) is 0 Å². The van der Waals surface area contributed by atoms with Gasteiger partial charge in [0.25, 0.3) is 0 Å². The Kier molecular flexibility index (Phi) is 11.1. The largest absolute Gasteiger partial charge is 0.456 e. The van der Waals surface area contributed by atoms with E-state index in [0.29, 0.717) is 12.2 Å². The van der Waals surface area contributed by atoms with Crippen LogP contribution in [0.5, 0.6) is 0 Å². The first-order chi connectivity index (χ1) is 16.5. The molecule has 2 heterocycles. The van der Waals surface area contributed by atoms with E-state index in [2.05, 4.69) is 21.3 Å². The van der Waals surface area contributed by atoms with Gasteiger partial charge in [0.2, 0.25) is 23.6 Å². The molecule has 0 aliphatic carbocycles. The molecule has 0 aromatic carbocycles. The van der Waals surface area contributed by atoms with Gasteiger partial charge in [-0.15, -0.1) is 0 Å². The van der Waals surface area contributed by atoms with Crippen molar-refractivity contribution in [1.29, 1.82) is 0 Å². The van der Waals surface area contributed by atoms with Crippen LogP contribution in [0.3, 0.4) is 0 Å². The van der Waals surface area contributed by atoms with E-state index in [-0.39, 0.29) is 30.8 Å². The third kappa shape index (κ3) is 9.92. The second kappa shape index (κ2) is 13.5. The standard InChI is InChI=1S/C22H32N4O7S2/c1-13(27)7-8-15-19(30)25-16-12-35-34-9-5-4-6-14(10-17(28)24-15)33-18(29)11-23-21(32)22(2,3)26-20(16)31/h4,6,14-16H,5,7-12H2,1-3H3,(H,23,32)(H,24,28)(H,25,30)(H,26,31)/t14-,15-,16-/m1/s1. The monoisotopic (exact) mass is 528 g/mol. The van der Waals surface area contributed by atoms with Crippen LogP contribution in [0.1, 0.15) is 46.5 Å². The summed E-state index contributed by atoms with van der Waals surface area (Å²) in [6.07, 6.45) is 2.94. The molecule has 2 bridgehead atoms. The third-order valence-corrected chi connectivity index (χ3v) is 7.62. The van der Waals surface area contributed by atoms with Crippen molar-refractivity contribution >= 4 is 57.0 Å². The average molecular weight is 529 g/mol. The summed E-state index contributed by atoms with van der Waals surface area (Å²) >= 11 is 0. The summed E-state index contributed by atoms with van der Waals surface area (Å²) in [5, 5.41) is 10.3. The first kappa shape index (κ1) is 28.7. The van der Waals surface area contributed by atoms with Gasteiger partial charge in [-0.1, -0.05) is 27.7 Å². The number of esters is 1. The molecule has 0 aromatic rings. The minimum Gasteiger partial charge on any atom is -0.456 e. The maximum atomic E-state index is 13.1. The molecule has 1 saturated heterocycles. The first-order valence-corrected chi connectivity index (χ1v) is 13.8. The van der Waals surface area contributed by atoms with Gasteiger partial charge in [-0.2, -0.15) is 0 Å². The molecule has 0 unspecified atom stereocenters. The Morgan fingerprint density at radius 1 is 1.11 bits per heavy atom. The summed E-state index contributed by atoms with van der Waals surface area (Å²) < 4.78 is 5.38. The minimum absolute atomic E-state index is 0.0390. The van der Waals surface area contributed by atoms with E-state index in [4.69, 9.17) is 4.74 Å². The van der Waals surface area contributed by atoms with Crippen LogP contribution in [0, 0.1) is 0 Å². The van der Waals surface area contributed by atoms with Crippen molar-refractivity contribution < 1.29 is 33.5 Å². The quantitative estimate of drug-likeness (QED) is 0.224. The first-order valence-electron chi connectivity index (χ1n) is 11.3. The molecule has 0 spiro atoms. The highest BCUT2D eigenvalue weighted by Gasteiger charge is 2.35. The molecule has 194 valence electrons. The number of amides is 4. The number of carbonyl (C=O) groups is 6. The van der Waals surface area contributed by atoms with Crippen LogP contribution in [-0.4, -0.2) is 77.2 Å². The lowest BCUT2D eigenvalue weighted by molar-refractivity contribution is -0.149. The molecule has 2 aliphatic heterocycles. The topological polar surface area (TPSA) is 160 Å². The van der Waals surface area contributed by atoms with E-state index in [9.17, 15) is 28.8 Å². The summed E-state index contributed by atoms with van der Waals surface area (Å²) in [7, 11) is 2.88. The molecule has 2 aliphatic rings. The van der Waals surface area contributed by atoms with Crippen LogP contribution in [0.4, 0.5) is 0 Å². The molecular weight excluding hydrogens is 496 g/mol. The average Bonchev–Trinajstić information content (AvgIpc) is 2.77. The minimum atomic E-state index is -1.38. The van der Waals surface area contributed by atoms with Gasteiger partial charge in [0, 0.05) is 17.9 Å². The Bertz CT molecular complexity index is 878. The van der Waals surface area contributed by atoms with Gasteiger partial charge in [0.1, 0.15) is 36.1 Å². The van der Waals surface area contributed by atoms with Crippen molar-refractivity contribution in [3.63, 3.8) is 0 Å². The van der Waals surface area contributed by atoms with Crippen molar-refractivity contribution in [2.45, 2.75) is 70.2 Å². The molecule has 3 atom stereocenters. The lowest BCUT2D eigenvalue weighted by Gasteiger charge is -2.29. The van der Waals surface area contributed by atoms with Crippen molar-refractivity contribution in [2.75, 3.05) is 18.1 Å². The zero-order valence-corrected chi connectivity index (χ0v) is 21.6. The number of Topliss-reactive ketones (excluding diaryl/α,β-unsaturated/α-hetero) is 1. The van der Waals surface area contributed by atoms with Gasteiger partial charge in [0.05, 0.1) is 6.42 Å². The number of hydrogen-bond donors (Lipinski definition) is 4. The Labute approximate surface area is 212 Å². The van der Waals surface area contributed by atoms with Crippen molar-refractivity contribution in [3.05, 3.63) is 12.2 Å². The number of nitrogens with one attached hydrogen (secondary N) is 4. The SMILES string of the molecule is CC(=O)CC[C@H]1NC(=O)C[C@H]2C=CCCSSC[C@@H](NC1=O)C(=O)NC(C)(C)C(=O)NCC(=O)O2. The Morgan fingerprint density at radius 2 is 1.86 bits per heavy atom. The fraction of sp³-hybridized carbons (Fsp3) is 0.636. The number of rotatable bonds is 3. The molecule has 2 rings (SSSR count). The summed E-state index contributed by atoms with van der Waals surface area (Å²) in [4.78, 5) is 75.4. The number of hydrogen-bond acceptors (Lipinski definition) is 9. The molecular formula is C22H32N4O7S2. The highest BCUT2D eigenvalue weighted by atomic mass is 33.1. The van der Waals surface area contributed by atoms with E-state index in [1.54, 1.807) is 12.2 Å². The maximum Gasteiger partial charge on any atom is 0.326 e. The van der Waals surface area contributed by atoms with Crippen LogP contribution >= 0.6 is 21.6 Å². The maximum absolute atomic E-state index is 13.1. The number of carbonyl (C=O) groups excluding carboxylic acids is 6. The molecule has 13 heteroatoms. The zero-order valence-electron chi connectivity index (χ0n) is 20.0. The molecule has 1 fully saturated rings. The Hall–Kier alpha value is -2.54. The normalized spacial score (nSPS) is 26.9. The van der Waals surface area contributed by atoms with E-state index >= 15 is 0 Å². The highest BCUT2D eigenvalue weighted by Crippen LogP contribution is 2.24. The zero-order chi connectivity index (χ0) is 26.0. The van der Waals surface area contributed by atoms with Gasteiger partial charge in [0.15, 0.2) is 0 Å². The fourth-order valence-corrected chi connectivity index (χ4v) is 5.39. The summed E-state index contributed by atoms with van der Waals surface area (Å²) in [5.74, 6) is -2.42. The van der Waals surface area contributed by atoms with Crippen LogP contribution < -0.4 is 21.3 Å². The lowest BCUT2D eigenvalue weighted by atomic mass is 10.0. The molecule has 0 saturated carbocycles. The summed E-state index contributed by atoms with van der Waals surface area (Å²) in [6, 6.07) is -2.08. The van der Waals surface area contributed by atoms with Gasteiger partial charge < -0.3 is 30.8 Å². The molecule has 4 amide bonds.